The van der Waals surface area contributed by atoms with Crippen LogP contribution < -0.4 is 10.2 Å². The average Bonchev–Trinajstić information content (AvgIpc) is 3.07. The lowest BCUT2D eigenvalue weighted by Crippen LogP contribution is -2.35. The number of benzene rings is 1. The fraction of sp³-hybridized carbons (Fsp3) is 0.438. The van der Waals surface area contributed by atoms with Crippen LogP contribution in [-0.4, -0.2) is 29.8 Å². The highest BCUT2D eigenvalue weighted by Gasteiger charge is 2.20. The third-order valence-corrected chi connectivity index (χ3v) is 4.83. The number of hydrogen-bond donors (Lipinski definition) is 2. The monoisotopic (exact) mass is 303 g/mol. The first kappa shape index (κ1) is 14.4. The molecule has 2 aromatic rings. The number of nitrogens with zero attached hydrogens (tertiary/aromatic N) is 2. The summed E-state index contributed by atoms with van der Waals surface area (Å²) >= 11 is 1.67. The Labute approximate surface area is 129 Å². The summed E-state index contributed by atoms with van der Waals surface area (Å²) in [5.74, 6) is 0.471. The van der Waals surface area contributed by atoms with Crippen LogP contribution in [0.5, 0.6) is 0 Å². The van der Waals surface area contributed by atoms with Crippen molar-refractivity contribution in [3.8, 4) is 0 Å². The molecular formula is C16H21N3OS. The molecule has 0 radical (unpaired) electrons. The van der Waals surface area contributed by atoms with Crippen LogP contribution in [-0.2, 0) is 6.54 Å². The molecule has 2 N–H and O–H groups in total. The van der Waals surface area contributed by atoms with E-state index in [1.54, 1.807) is 11.3 Å². The number of thiazole rings is 1. The van der Waals surface area contributed by atoms with E-state index in [1.807, 2.05) is 11.7 Å². The molecule has 3 rings (SSSR count). The van der Waals surface area contributed by atoms with E-state index in [4.69, 9.17) is 0 Å². The summed E-state index contributed by atoms with van der Waals surface area (Å²) in [6.45, 7) is 3.17. The summed E-state index contributed by atoms with van der Waals surface area (Å²) < 4.78 is 0. The van der Waals surface area contributed by atoms with Gasteiger partial charge in [0, 0.05) is 30.8 Å². The van der Waals surface area contributed by atoms with Crippen LogP contribution in [0.2, 0.25) is 0 Å². The van der Waals surface area contributed by atoms with Gasteiger partial charge >= 0.3 is 0 Å². The van der Waals surface area contributed by atoms with Crippen molar-refractivity contribution in [2.24, 2.45) is 5.92 Å². The standard InChI is InChI=1S/C16H21N3OS/c20-11-13-5-7-19(8-6-13)16-4-2-1-3-15(16)18-10-14-9-17-12-21-14/h1-4,9,12-13,18,20H,5-8,10-11H2. The van der Waals surface area contributed by atoms with Gasteiger partial charge in [0.25, 0.3) is 0 Å². The fourth-order valence-corrected chi connectivity index (χ4v) is 3.30. The van der Waals surface area contributed by atoms with E-state index < -0.39 is 0 Å². The van der Waals surface area contributed by atoms with Gasteiger partial charge in [-0.1, -0.05) is 12.1 Å². The number of hydrogen-bond acceptors (Lipinski definition) is 5. The summed E-state index contributed by atoms with van der Waals surface area (Å²) in [6, 6.07) is 8.47. The highest BCUT2D eigenvalue weighted by atomic mass is 32.1. The SMILES string of the molecule is OCC1CCN(c2ccccc2NCc2cncs2)CC1. The number of rotatable bonds is 5. The number of aliphatic hydroxyl groups excluding tert-OH is 1. The highest BCUT2D eigenvalue weighted by Crippen LogP contribution is 2.30. The largest absolute Gasteiger partial charge is 0.396 e. The minimum Gasteiger partial charge on any atom is -0.396 e. The summed E-state index contributed by atoms with van der Waals surface area (Å²) in [5.41, 5.74) is 4.30. The molecule has 0 amide bonds. The number of nitrogens with one attached hydrogen (secondary N) is 1. The molecule has 0 aliphatic carbocycles. The van der Waals surface area contributed by atoms with E-state index in [9.17, 15) is 5.11 Å². The molecule has 1 aliphatic rings. The molecule has 0 saturated carbocycles. The van der Waals surface area contributed by atoms with Gasteiger partial charge in [-0.15, -0.1) is 11.3 Å². The van der Waals surface area contributed by atoms with Gasteiger partial charge in [0.05, 0.1) is 23.4 Å². The molecule has 112 valence electrons. The van der Waals surface area contributed by atoms with E-state index in [0.29, 0.717) is 12.5 Å². The fourth-order valence-electron chi connectivity index (χ4n) is 2.77. The van der Waals surface area contributed by atoms with E-state index >= 15 is 0 Å². The van der Waals surface area contributed by atoms with Gasteiger partial charge in [0.2, 0.25) is 0 Å². The van der Waals surface area contributed by atoms with E-state index in [2.05, 4.69) is 39.5 Å². The van der Waals surface area contributed by atoms with Crippen LogP contribution >= 0.6 is 11.3 Å². The number of para-hydroxylation sites is 2. The molecule has 0 bridgehead atoms. The molecule has 2 heterocycles. The number of piperidine rings is 1. The third-order valence-electron chi connectivity index (χ3n) is 4.05. The molecular weight excluding hydrogens is 282 g/mol. The summed E-state index contributed by atoms with van der Waals surface area (Å²) in [7, 11) is 0. The van der Waals surface area contributed by atoms with E-state index in [1.165, 1.54) is 16.3 Å². The topological polar surface area (TPSA) is 48.4 Å². The van der Waals surface area contributed by atoms with E-state index in [-0.39, 0.29) is 0 Å². The number of anilines is 2. The van der Waals surface area contributed by atoms with Crippen LogP contribution in [0.15, 0.2) is 36.0 Å². The third kappa shape index (κ3) is 3.54. The van der Waals surface area contributed by atoms with Gasteiger partial charge in [0.1, 0.15) is 0 Å². The first-order valence-electron chi connectivity index (χ1n) is 7.43. The molecule has 4 nitrogen and oxygen atoms in total. The maximum atomic E-state index is 9.26. The lowest BCUT2D eigenvalue weighted by atomic mass is 9.97. The Kier molecular flexibility index (Phi) is 4.72. The molecule has 5 heteroatoms. The van der Waals surface area contributed by atoms with Gasteiger partial charge in [-0.25, -0.2) is 0 Å². The van der Waals surface area contributed by atoms with Crippen molar-refractivity contribution in [2.45, 2.75) is 19.4 Å². The van der Waals surface area contributed by atoms with Gasteiger partial charge in [-0.3, -0.25) is 4.98 Å². The first-order chi connectivity index (χ1) is 10.4. The number of aliphatic hydroxyl groups is 1. The zero-order valence-electron chi connectivity index (χ0n) is 12.0. The van der Waals surface area contributed by atoms with Gasteiger partial charge in [-0.2, -0.15) is 0 Å². The van der Waals surface area contributed by atoms with Crippen LogP contribution in [0.25, 0.3) is 0 Å². The Balaban J connectivity index is 1.67. The predicted molar refractivity (Wildman–Crippen MR) is 87.9 cm³/mol. The quantitative estimate of drug-likeness (QED) is 0.891. The highest BCUT2D eigenvalue weighted by molar-refractivity contribution is 7.09. The summed E-state index contributed by atoms with van der Waals surface area (Å²) in [5, 5.41) is 12.8. The van der Waals surface area contributed by atoms with Crippen molar-refractivity contribution in [3.63, 3.8) is 0 Å². The molecule has 1 aromatic heterocycles. The Morgan fingerprint density at radius 2 is 2.10 bits per heavy atom. The van der Waals surface area contributed by atoms with Gasteiger partial charge in [-0.05, 0) is 30.9 Å². The molecule has 1 aromatic carbocycles. The number of aromatic nitrogens is 1. The van der Waals surface area contributed by atoms with Crippen molar-refractivity contribution in [2.75, 3.05) is 29.9 Å². The van der Waals surface area contributed by atoms with Gasteiger partial charge < -0.3 is 15.3 Å². The van der Waals surface area contributed by atoms with Crippen molar-refractivity contribution >= 4 is 22.7 Å². The molecule has 0 unspecified atom stereocenters. The first-order valence-corrected chi connectivity index (χ1v) is 8.31. The molecule has 0 atom stereocenters. The maximum Gasteiger partial charge on any atom is 0.0794 e. The average molecular weight is 303 g/mol. The predicted octanol–water partition coefficient (Wildman–Crippen LogP) is 2.96. The Hall–Kier alpha value is -1.59. The lowest BCUT2D eigenvalue weighted by molar-refractivity contribution is 0.203. The maximum absolute atomic E-state index is 9.26. The lowest BCUT2D eigenvalue weighted by Gasteiger charge is -2.34. The van der Waals surface area contributed by atoms with Crippen LogP contribution in [0.4, 0.5) is 11.4 Å². The zero-order valence-corrected chi connectivity index (χ0v) is 12.9. The van der Waals surface area contributed by atoms with Crippen LogP contribution in [0.1, 0.15) is 17.7 Å². The molecule has 1 saturated heterocycles. The molecule has 1 aliphatic heterocycles. The second kappa shape index (κ2) is 6.91. The van der Waals surface area contributed by atoms with Crippen molar-refractivity contribution < 1.29 is 5.11 Å². The minimum atomic E-state index is 0.319. The Morgan fingerprint density at radius 1 is 1.29 bits per heavy atom. The molecule has 1 fully saturated rings. The minimum absolute atomic E-state index is 0.319. The van der Waals surface area contributed by atoms with Crippen molar-refractivity contribution in [1.29, 1.82) is 0 Å². The molecule has 0 spiro atoms. The van der Waals surface area contributed by atoms with Crippen LogP contribution in [0.3, 0.4) is 0 Å². The molecule has 21 heavy (non-hydrogen) atoms. The summed E-state index contributed by atoms with van der Waals surface area (Å²) in [6.07, 6.45) is 4.05. The van der Waals surface area contributed by atoms with Crippen molar-refractivity contribution in [3.05, 3.63) is 40.8 Å². The smallest absolute Gasteiger partial charge is 0.0794 e. The Morgan fingerprint density at radius 3 is 2.81 bits per heavy atom. The van der Waals surface area contributed by atoms with E-state index in [0.717, 1.165) is 32.5 Å². The van der Waals surface area contributed by atoms with Crippen LogP contribution in [0, 0.1) is 5.92 Å². The normalized spacial score (nSPS) is 16.1. The second-order valence-electron chi connectivity index (χ2n) is 5.45. The van der Waals surface area contributed by atoms with Crippen molar-refractivity contribution in [1.82, 2.24) is 4.98 Å². The summed E-state index contributed by atoms with van der Waals surface area (Å²) in [4.78, 5) is 7.77. The zero-order chi connectivity index (χ0) is 14.5. The second-order valence-corrected chi connectivity index (χ2v) is 6.42. The van der Waals surface area contributed by atoms with Gasteiger partial charge in [0.15, 0.2) is 0 Å². The Bertz CT molecular complexity index is 550.